The number of primary amides is 1. The summed E-state index contributed by atoms with van der Waals surface area (Å²) >= 11 is 0. The summed E-state index contributed by atoms with van der Waals surface area (Å²) in [7, 11) is 0. The number of hydrogen-bond acceptors (Lipinski definition) is 8. The van der Waals surface area contributed by atoms with Gasteiger partial charge < -0.3 is 31.9 Å². The highest BCUT2D eigenvalue weighted by Crippen LogP contribution is 2.23. The molecule has 1 aliphatic rings. The molecule has 0 spiro atoms. The van der Waals surface area contributed by atoms with Crippen LogP contribution < -0.4 is 31.9 Å². The highest BCUT2D eigenvalue weighted by molar-refractivity contribution is 6.07. The predicted molar refractivity (Wildman–Crippen MR) is 143 cm³/mol. The van der Waals surface area contributed by atoms with E-state index in [1.54, 1.807) is 24.3 Å². The zero-order chi connectivity index (χ0) is 25.3. The minimum Gasteiger partial charge on any atom is -0.370 e. The van der Waals surface area contributed by atoms with Gasteiger partial charge in [0.25, 0.3) is 5.91 Å². The molecule has 1 fully saturated rings. The van der Waals surface area contributed by atoms with E-state index in [0.717, 1.165) is 44.7 Å². The van der Waals surface area contributed by atoms with Crippen LogP contribution in [0.5, 0.6) is 0 Å². The largest absolute Gasteiger partial charge is 0.370 e. The summed E-state index contributed by atoms with van der Waals surface area (Å²) in [6.45, 7) is 6.55. The second kappa shape index (κ2) is 12.0. The van der Waals surface area contributed by atoms with Crippen LogP contribution in [0.25, 0.3) is 0 Å². The number of anilines is 5. The summed E-state index contributed by atoms with van der Waals surface area (Å²) in [5, 5.41) is 12.7. The predicted octanol–water partition coefficient (Wildman–Crippen LogP) is 3.19. The lowest BCUT2D eigenvalue weighted by molar-refractivity contribution is 0.0997. The second-order valence-corrected chi connectivity index (χ2v) is 8.54. The lowest BCUT2D eigenvalue weighted by Gasteiger charge is -2.23. The molecule has 6 N–H and O–H groups in total. The Morgan fingerprint density at radius 2 is 1.92 bits per heavy atom. The lowest BCUT2D eigenvalue weighted by Crippen LogP contribution is -2.27. The van der Waals surface area contributed by atoms with Crippen LogP contribution in [-0.4, -0.2) is 54.5 Å². The Balaban J connectivity index is 1.50. The van der Waals surface area contributed by atoms with Crippen molar-refractivity contribution in [3.05, 3.63) is 65.9 Å². The van der Waals surface area contributed by atoms with E-state index in [0.29, 0.717) is 40.8 Å². The number of aromatic nitrogens is 2. The number of nitrogens with one attached hydrogen (secondary N) is 4. The van der Waals surface area contributed by atoms with Gasteiger partial charge in [0.2, 0.25) is 11.9 Å². The third-order valence-corrected chi connectivity index (χ3v) is 5.81. The van der Waals surface area contributed by atoms with Crippen LogP contribution in [0.1, 0.15) is 40.5 Å². The fourth-order valence-electron chi connectivity index (χ4n) is 3.92. The average Bonchev–Trinajstić information content (AvgIpc) is 3.18. The van der Waals surface area contributed by atoms with Crippen molar-refractivity contribution in [2.45, 2.75) is 19.8 Å². The molecule has 4 rings (SSSR count). The van der Waals surface area contributed by atoms with E-state index in [-0.39, 0.29) is 5.91 Å². The maximum Gasteiger partial charge on any atom is 0.260 e. The molecule has 1 aromatic heterocycles. The van der Waals surface area contributed by atoms with Gasteiger partial charge >= 0.3 is 0 Å². The Kier molecular flexibility index (Phi) is 8.30. The molecule has 2 heterocycles. The van der Waals surface area contributed by atoms with E-state index < -0.39 is 5.91 Å². The summed E-state index contributed by atoms with van der Waals surface area (Å²) in [4.78, 5) is 35.7. The van der Waals surface area contributed by atoms with Crippen LogP contribution in [0, 0.1) is 0 Å². The summed E-state index contributed by atoms with van der Waals surface area (Å²) in [5.74, 6) is -0.0158. The number of benzene rings is 2. The van der Waals surface area contributed by atoms with E-state index in [4.69, 9.17) is 5.73 Å². The fourth-order valence-corrected chi connectivity index (χ4v) is 3.92. The molecular weight excluding hydrogens is 456 g/mol. The SMILES string of the molecule is CCCNc1nc(Nc2ccc(C(N)=O)cc2)ncc1C(=O)Nc1cccc(N2CCCNCC2)c1. The molecule has 10 heteroatoms. The molecule has 0 bridgehead atoms. The Morgan fingerprint density at radius 3 is 2.69 bits per heavy atom. The van der Waals surface area contributed by atoms with E-state index in [9.17, 15) is 9.59 Å². The van der Waals surface area contributed by atoms with Crippen molar-refractivity contribution in [1.82, 2.24) is 15.3 Å². The molecule has 0 atom stereocenters. The molecule has 36 heavy (non-hydrogen) atoms. The molecule has 0 unspecified atom stereocenters. The zero-order valence-electron chi connectivity index (χ0n) is 20.4. The normalized spacial score (nSPS) is 13.5. The Morgan fingerprint density at radius 1 is 1.08 bits per heavy atom. The summed E-state index contributed by atoms with van der Waals surface area (Å²) < 4.78 is 0. The van der Waals surface area contributed by atoms with Crippen molar-refractivity contribution in [2.75, 3.05) is 53.6 Å². The molecule has 1 aliphatic heterocycles. The van der Waals surface area contributed by atoms with Gasteiger partial charge in [0.15, 0.2) is 0 Å². The van der Waals surface area contributed by atoms with Crippen LogP contribution in [0.4, 0.5) is 28.8 Å². The molecule has 2 amide bonds. The summed E-state index contributed by atoms with van der Waals surface area (Å²) in [6.07, 6.45) is 3.45. The van der Waals surface area contributed by atoms with E-state index in [1.807, 2.05) is 25.1 Å². The number of carbonyl (C=O) groups is 2. The van der Waals surface area contributed by atoms with Gasteiger partial charge in [0, 0.05) is 55.0 Å². The molecular formula is C26H32N8O2. The van der Waals surface area contributed by atoms with Crippen LogP contribution in [0.15, 0.2) is 54.7 Å². The molecule has 0 radical (unpaired) electrons. The topological polar surface area (TPSA) is 137 Å². The number of hydrogen-bond donors (Lipinski definition) is 5. The monoisotopic (exact) mass is 488 g/mol. The standard InChI is InChI=1S/C26H32N8O2/c1-2-11-29-24-22(17-30-26(33-24)32-19-9-7-18(8-10-19)23(27)35)25(36)31-20-5-3-6-21(16-20)34-14-4-12-28-13-15-34/h3,5-10,16-17,28H,2,4,11-15H2,1H3,(H2,27,35)(H,31,36)(H2,29,30,32,33). The molecule has 188 valence electrons. The summed E-state index contributed by atoms with van der Waals surface area (Å²) in [5.41, 5.74) is 8.55. The van der Waals surface area contributed by atoms with Gasteiger partial charge in [-0.15, -0.1) is 0 Å². The molecule has 10 nitrogen and oxygen atoms in total. The molecule has 0 aliphatic carbocycles. The molecule has 2 aromatic carbocycles. The van der Waals surface area contributed by atoms with Crippen molar-refractivity contribution in [2.24, 2.45) is 5.73 Å². The van der Waals surface area contributed by atoms with Gasteiger partial charge in [-0.05, 0) is 61.9 Å². The number of amides is 2. The van der Waals surface area contributed by atoms with Crippen LogP contribution in [-0.2, 0) is 0 Å². The van der Waals surface area contributed by atoms with Crippen LogP contribution in [0.3, 0.4) is 0 Å². The van der Waals surface area contributed by atoms with Crippen molar-refractivity contribution in [3.63, 3.8) is 0 Å². The molecule has 0 saturated carbocycles. The van der Waals surface area contributed by atoms with Crippen molar-refractivity contribution in [3.8, 4) is 0 Å². The maximum atomic E-state index is 13.2. The number of rotatable bonds is 9. The van der Waals surface area contributed by atoms with Gasteiger partial charge in [-0.25, -0.2) is 4.98 Å². The number of nitrogens with two attached hydrogens (primary N) is 1. The number of carbonyl (C=O) groups excluding carboxylic acids is 2. The molecule has 1 saturated heterocycles. The minimum atomic E-state index is -0.492. The highest BCUT2D eigenvalue weighted by Gasteiger charge is 2.16. The van der Waals surface area contributed by atoms with E-state index >= 15 is 0 Å². The molecule has 3 aromatic rings. The van der Waals surface area contributed by atoms with Crippen LogP contribution >= 0.6 is 0 Å². The third kappa shape index (κ3) is 6.48. The average molecular weight is 489 g/mol. The van der Waals surface area contributed by atoms with Crippen molar-refractivity contribution < 1.29 is 9.59 Å². The smallest absolute Gasteiger partial charge is 0.260 e. The first kappa shape index (κ1) is 24.9. The van der Waals surface area contributed by atoms with Crippen LogP contribution in [0.2, 0.25) is 0 Å². The Labute approximate surface area is 210 Å². The van der Waals surface area contributed by atoms with Gasteiger partial charge in [-0.1, -0.05) is 13.0 Å². The van der Waals surface area contributed by atoms with Gasteiger partial charge in [-0.3, -0.25) is 9.59 Å². The highest BCUT2D eigenvalue weighted by atomic mass is 16.2. The second-order valence-electron chi connectivity index (χ2n) is 8.54. The minimum absolute atomic E-state index is 0.291. The Bertz CT molecular complexity index is 1190. The van der Waals surface area contributed by atoms with E-state index in [2.05, 4.69) is 42.2 Å². The first-order valence-electron chi connectivity index (χ1n) is 12.2. The third-order valence-electron chi connectivity index (χ3n) is 5.81. The maximum absolute atomic E-state index is 13.2. The first-order chi connectivity index (χ1) is 17.5. The van der Waals surface area contributed by atoms with Gasteiger partial charge in [-0.2, -0.15) is 4.98 Å². The fraction of sp³-hybridized carbons (Fsp3) is 0.308. The van der Waals surface area contributed by atoms with Crippen molar-refractivity contribution >= 4 is 40.6 Å². The number of nitrogens with zero attached hydrogens (tertiary/aromatic N) is 3. The summed E-state index contributed by atoms with van der Waals surface area (Å²) in [6, 6.07) is 14.6. The quantitative estimate of drug-likeness (QED) is 0.310. The lowest BCUT2D eigenvalue weighted by atomic mass is 10.2. The van der Waals surface area contributed by atoms with Crippen molar-refractivity contribution in [1.29, 1.82) is 0 Å². The first-order valence-corrected chi connectivity index (χ1v) is 12.2. The van der Waals surface area contributed by atoms with E-state index in [1.165, 1.54) is 6.20 Å². The van der Waals surface area contributed by atoms with Gasteiger partial charge in [0.05, 0.1) is 0 Å². The van der Waals surface area contributed by atoms with Gasteiger partial charge in [0.1, 0.15) is 11.4 Å². The zero-order valence-corrected chi connectivity index (χ0v) is 20.4. The Hall–Kier alpha value is -4.18.